The van der Waals surface area contributed by atoms with Gasteiger partial charge in [0.2, 0.25) is 0 Å². The maximum absolute atomic E-state index is 5.98. The molecule has 1 aromatic carbocycles. The molecule has 0 saturated carbocycles. The van der Waals surface area contributed by atoms with Crippen LogP contribution in [0.5, 0.6) is 5.75 Å². The molecule has 1 rings (SSSR count). The molecule has 114 valence electrons. The lowest BCUT2D eigenvalue weighted by molar-refractivity contribution is 0.144. The Morgan fingerprint density at radius 2 is 2.05 bits per heavy atom. The molecular formula is C16H28N2O2. The monoisotopic (exact) mass is 280 g/mol. The van der Waals surface area contributed by atoms with Crippen LogP contribution in [-0.2, 0) is 11.2 Å². The van der Waals surface area contributed by atoms with Crippen LogP contribution >= 0.6 is 0 Å². The van der Waals surface area contributed by atoms with Gasteiger partial charge in [0.15, 0.2) is 0 Å². The maximum Gasteiger partial charge on any atom is 0.142 e. The Kier molecular flexibility index (Phi) is 8.07. The van der Waals surface area contributed by atoms with Crippen molar-refractivity contribution < 1.29 is 9.47 Å². The molecule has 0 aromatic heterocycles. The zero-order valence-electron chi connectivity index (χ0n) is 12.9. The van der Waals surface area contributed by atoms with Gasteiger partial charge in [-0.25, -0.2) is 0 Å². The molecular weight excluding hydrogens is 252 g/mol. The second kappa shape index (κ2) is 9.61. The van der Waals surface area contributed by atoms with Crippen molar-refractivity contribution in [3.05, 3.63) is 23.8 Å². The van der Waals surface area contributed by atoms with E-state index in [1.54, 1.807) is 0 Å². The highest BCUT2D eigenvalue weighted by Gasteiger charge is 2.06. The Morgan fingerprint density at radius 1 is 1.25 bits per heavy atom. The third kappa shape index (κ3) is 6.26. The van der Waals surface area contributed by atoms with Crippen LogP contribution < -0.4 is 15.8 Å². The van der Waals surface area contributed by atoms with Crippen molar-refractivity contribution in [1.82, 2.24) is 5.32 Å². The summed E-state index contributed by atoms with van der Waals surface area (Å²) < 4.78 is 10.8. The van der Waals surface area contributed by atoms with E-state index in [2.05, 4.69) is 18.3 Å². The van der Waals surface area contributed by atoms with Crippen LogP contribution in [0.4, 0.5) is 5.69 Å². The minimum atomic E-state index is 0.425. The van der Waals surface area contributed by atoms with Gasteiger partial charge in [0, 0.05) is 19.3 Å². The summed E-state index contributed by atoms with van der Waals surface area (Å²) in [4.78, 5) is 0. The van der Waals surface area contributed by atoms with Crippen molar-refractivity contribution >= 4 is 5.69 Å². The standard InChI is InChI=1S/C16H28N2O2/c1-4-19-10-6-9-18-13(3)11-14-7-8-16(20-5-2)15(17)12-14/h7-8,12-13,18H,4-6,9-11,17H2,1-3H3. The molecule has 0 spiro atoms. The van der Waals surface area contributed by atoms with E-state index in [4.69, 9.17) is 15.2 Å². The first-order valence-electron chi connectivity index (χ1n) is 7.49. The number of ether oxygens (including phenoxy) is 2. The van der Waals surface area contributed by atoms with E-state index in [-0.39, 0.29) is 0 Å². The summed E-state index contributed by atoms with van der Waals surface area (Å²) in [5, 5.41) is 3.50. The van der Waals surface area contributed by atoms with Gasteiger partial charge in [-0.05, 0) is 57.9 Å². The van der Waals surface area contributed by atoms with Crippen LogP contribution in [0.3, 0.4) is 0 Å². The summed E-state index contributed by atoms with van der Waals surface area (Å²) >= 11 is 0. The molecule has 4 heteroatoms. The predicted molar refractivity (Wildman–Crippen MR) is 84.3 cm³/mol. The molecule has 3 N–H and O–H groups in total. The highest BCUT2D eigenvalue weighted by Crippen LogP contribution is 2.23. The lowest BCUT2D eigenvalue weighted by atomic mass is 10.1. The minimum Gasteiger partial charge on any atom is -0.492 e. The molecule has 0 radical (unpaired) electrons. The van der Waals surface area contributed by atoms with Gasteiger partial charge in [0.1, 0.15) is 5.75 Å². The van der Waals surface area contributed by atoms with Crippen LogP contribution in [0.15, 0.2) is 18.2 Å². The predicted octanol–water partition coefficient (Wildman–Crippen LogP) is 2.61. The second-order valence-corrected chi connectivity index (χ2v) is 4.91. The van der Waals surface area contributed by atoms with Gasteiger partial charge in [-0.2, -0.15) is 0 Å². The van der Waals surface area contributed by atoms with Crippen LogP contribution in [0.2, 0.25) is 0 Å². The van der Waals surface area contributed by atoms with Gasteiger partial charge in [0.25, 0.3) is 0 Å². The number of nitrogens with one attached hydrogen (secondary N) is 1. The molecule has 20 heavy (non-hydrogen) atoms. The van der Waals surface area contributed by atoms with Gasteiger partial charge in [-0.1, -0.05) is 6.07 Å². The first-order chi connectivity index (χ1) is 9.67. The maximum atomic E-state index is 5.98. The zero-order valence-corrected chi connectivity index (χ0v) is 12.9. The average Bonchev–Trinajstić information content (AvgIpc) is 2.42. The summed E-state index contributed by atoms with van der Waals surface area (Å²) in [5.74, 6) is 0.772. The highest BCUT2D eigenvalue weighted by atomic mass is 16.5. The number of anilines is 1. The summed E-state index contributed by atoms with van der Waals surface area (Å²) in [6, 6.07) is 6.47. The first kappa shape index (κ1) is 16.8. The highest BCUT2D eigenvalue weighted by molar-refractivity contribution is 5.54. The number of hydrogen-bond donors (Lipinski definition) is 2. The smallest absolute Gasteiger partial charge is 0.142 e. The quantitative estimate of drug-likeness (QED) is 0.511. The summed E-state index contributed by atoms with van der Waals surface area (Å²) in [6.45, 7) is 9.41. The summed E-state index contributed by atoms with van der Waals surface area (Å²) in [5.41, 5.74) is 7.92. The fourth-order valence-electron chi connectivity index (χ4n) is 2.10. The van der Waals surface area contributed by atoms with E-state index in [0.29, 0.717) is 18.3 Å². The van der Waals surface area contributed by atoms with Crippen molar-refractivity contribution in [3.8, 4) is 5.75 Å². The third-order valence-corrected chi connectivity index (χ3v) is 3.08. The van der Waals surface area contributed by atoms with Gasteiger partial charge in [-0.3, -0.25) is 0 Å². The molecule has 0 aliphatic carbocycles. The van der Waals surface area contributed by atoms with Crippen molar-refractivity contribution in [2.75, 3.05) is 32.1 Å². The third-order valence-electron chi connectivity index (χ3n) is 3.08. The van der Waals surface area contributed by atoms with E-state index in [9.17, 15) is 0 Å². The Labute approximate surface area is 122 Å². The minimum absolute atomic E-state index is 0.425. The SMILES string of the molecule is CCOCCCNC(C)Cc1ccc(OCC)c(N)c1. The topological polar surface area (TPSA) is 56.5 Å². The average molecular weight is 280 g/mol. The molecule has 1 unspecified atom stereocenters. The van der Waals surface area contributed by atoms with Crippen LogP contribution in [0.1, 0.15) is 32.8 Å². The number of benzene rings is 1. The molecule has 0 bridgehead atoms. The first-order valence-corrected chi connectivity index (χ1v) is 7.49. The molecule has 1 aromatic rings. The van der Waals surface area contributed by atoms with Crippen molar-refractivity contribution in [3.63, 3.8) is 0 Å². The van der Waals surface area contributed by atoms with E-state index in [0.717, 1.165) is 38.3 Å². The zero-order chi connectivity index (χ0) is 14.8. The van der Waals surface area contributed by atoms with E-state index in [1.807, 2.05) is 26.0 Å². The van der Waals surface area contributed by atoms with Gasteiger partial charge in [0.05, 0.1) is 12.3 Å². The number of rotatable bonds is 10. The molecule has 0 heterocycles. The van der Waals surface area contributed by atoms with Crippen molar-refractivity contribution in [2.24, 2.45) is 0 Å². The number of hydrogen-bond acceptors (Lipinski definition) is 4. The Bertz CT molecular complexity index is 383. The molecule has 0 aliphatic heterocycles. The normalized spacial score (nSPS) is 12.3. The summed E-state index contributed by atoms with van der Waals surface area (Å²) in [6.07, 6.45) is 2.01. The fraction of sp³-hybridized carbons (Fsp3) is 0.625. The fourth-order valence-corrected chi connectivity index (χ4v) is 2.10. The van der Waals surface area contributed by atoms with Gasteiger partial charge >= 0.3 is 0 Å². The van der Waals surface area contributed by atoms with E-state index in [1.165, 1.54) is 5.56 Å². The Balaban J connectivity index is 2.34. The molecule has 1 atom stereocenters. The van der Waals surface area contributed by atoms with Crippen LogP contribution in [0.25, 0.3) is 0 Å². The second-order valence-electron chi connectivity index (χ2n) is 4.91. The van der Waals surface area contributed by atoms with E-state index < -0.39 is 0 Å². The Hall–Kier alpha value is -1.26. The van der Waals surface area contributed by atoms with Crippen LogP contribution in [0, 0.1) is 0 Å². The molecule has 0 fully saturated rings. The van der Waals surface area contributed by atoms with Gasteiger partial charge in [-0.15, -0.1) is 0 Å². The number of nitrogens with two attached hydrogens (primary N) is 1. The number of nitrogen functional groups attached to an aromatic ring is 1. The Morgan fingerprint density at radius 3 is 2.70 bits per heavy atom. The lowest BCUT2D eigenvalue weighted by Crippen LogP contribution is -2.29. The molecule has 4 nitrogen and oxygen atoms in total. The van der Waals surface area contributed by atoms with Crippen LogP contribution in [-0.4, -0.2) is 32.4 Å². The van der Waals surface area contributed by atoms with Gasteiger partial charge < -0.3 is 20.5 Å². The van der Waals surface area contributed by atoms with Crippen molar-refractivity contribution in [2.45, 2.75) is 39.7 Å². The summed E-state index contributed by atoms with van der Waals surface area (Å²) in [7, 11) is 0. The largest absolute Gasteiger partial charge is 0.492 e. The van der Waals surface area contributed by atoms with E-state index >= 15 is 0 Å². The molecule has 0 aliphatic rings. The van der Waals surface area contributed by atoms with Crippen molar-refractivity contribution in [1.29, 1.82) is 0 Å². The lowest BCUT2D eigenvalue weighted by Gasteiger charge is -2.15. The molecule has 0 saturated heterocycles. The molecule has 0 amide bonds.